The highest BCUT2D eigenvalue weighted by Gasteiger charge is 2.15. The molecule has 0 aliphatic carbocycles. The molecule has 3 heteroatoms. The zero-order chi connectivity index (χ0) is 10.1. The van der Waals surface area contributed by atoms with Crippen molar-refractivity contribution in [2.75, 3.05) is 0 Å². The second kappa shape index (κ2) is 3.44. The van der Waals surface area contributed by atoms with Gasteiger partial charge in [0.15, 0.2) is 0 Å². The van der Waals surface area contributed by atoms with E-state index in [-0.39, 0.29) is 6.04 Å². The van der Waals surface area contributed by atoms with E-state index in [9.17, 15) is 5.11 Å². The zero-order valence-corrected chi connectivity index (χ0v) is 8.07. The Balaban J connectivity index is 2.53. The number of nitrogens with one attached hydrogen (secondary N) is 1. The van der Waals surface area contributed by atoms with E-state index in [1.165, 1.54) is 0 Å². The van der Waals surface area contributed by atoms with Crippen LogP contribution >= 0.6 is 0 Å². The van der Waals surface area contributed by atoms with Gasteiger partial charge in [-0.1, -0.05) is 18.2 Å². The molecule has 2 rings (SSSR count). The lowest BCUT2D eigenvalue weighted by atomic mass is 10.0. The smallest absolute Gasteiger partial charge is 0.0705 e. The summed E-state index contributed by atoms with van der Waals surface area (Å²) in [5, 5.41) is 10.5. The van der Waals surface area contributed by atoms with Crippen LogP contribution < -0.4 is 5.73 Å². The van der Waals surface area contributed by atoms with Gasteiger partial charge in [-0.05, 0) is 18.6 Å². The molecule has 1 heterocycles. The van der Waals surface area contributed by atoms with Crippen LogP contribution in [0.5, 0.6) is 0 Å². The Morgan fingerprint density at radius 2 is 2.07 bits per heavy atom. The molecule has 2 aromatic rings. The molecule has 1 aromatic heterocycles. The summed E-state index contributed by atoms with van der Waals surface area (Å²) in [5.74, 6) is 0. The third-order valence-corrected chi connectivity index (χ3v) is 2.50. The number of aromatic amines is 1. The quantitative estimate of drug-likeness (QED) is 0.672. The zero-order valence-electron chi connectivity index (χ0n) is 8.07. The molecule has 2 atom stereocenters. The van der Waals surface area contributed by atoms with Gasteiger partial charge in [0.25, 0.3) is 0 Å². The van der Waals surface area contributed by atoms with E-state index >= 15 is 0 Å². The minimum Gasteiger partial charge on any atom is -0.391 e. The highest BCUT2D eigenvalue weighted by atomic mass is 16.3. The van der Waals surface area contributed by atoms with Crippen molar-refractivity contribution < 1.29 is 5.11 Å². The SMILES string of the molecule is C[C@H](O)[C@@H](N)c1c[nH]c2ccccc12. The Labute approximate surface area is 82.6 Å². The van der Waals surface area contributed by atoms with Crippen molar-refractivity contribution in [3.05, 3.63) is 36.0 Å². The van der Waals surface area contributed by atoms with Gasteiger partial charge in [0, 0.05) is 17.1 Å². The van der Waals surface area contributed by atoms with Gasteiger partial charge in [0.05, 0.1) is 12.1 Å². The molecule has 0 fully saturated rings. The van der Waals surface area contributed by atoms with Crippen molar-refractivity contribution in [2.45, 2.75) is 19.1 Å². The fourth-order valence-electron chi connectivity index (χ4n) is 1.63. The van der Waals surface area contributed by atoms with Crippen LogP contribution in [-0.4, -0.2) is 16.2 Å². The lowest BCUT2D eigenvalue weighted by molar-refractivity contribution is 0.165. The minimum atomic E-state index is -0.533. The molecule has 4 N–H and O–H groups in total. The molecule has 14 heavy (non-hydrogen) atoms. The second-order valence-corrected chi connectivity index (χ2v) is 3.56. The normalized spacial score (nSPS) is 15.6. The summed E-state index contributed by atoms with van der Waals surface area (Å²) in [6, 6.07) is 7.60. The largest absolute Gasteiger partial charge is 0.391 e. The van der Waals surface area contributed by atoms with E-state index in [1.54, 1.807) is 6.92 Å². The summed E-state index contributed by atoms with van der Waals surface area (Å²) in [5.41, 5.74) is 7.90. The van der Waals surface area contributed by atoms with E-state index in [0.717, 1.165) is 16.5 Å². The van der Waals surface area contributed by atoms with Crippen LogP contribution in [0.15, 0.2) is 30.5 Å². The molecule has 0 bridgehead atoms. The number of rotatable bonds is 2. The Morgan fingerprint density at radius 1 is 1.36 bits per heavy atom. The van der Waals surface area contributed by atoms with Crippen LogP contribution in [0, 0.1) is 0 Å². The number of benzene rings is 1. The Morgan fingerprint density at radius 3 is 2.79 bits per heavy atom. The molecule has 0 saturated carbocycles. The Hall–Kier alpha value is -1.32. The van der Waals surface area contributed by atoms with Gasteiger partial charge in [-0.3, -0.25) is 0 Å². The van der Waals surface area contributed by atoms with Gasteiger partial charge in [-0.25, -0.2) is 0 Å². The van der Waals surface area contributed by atoms with Crippen LogP contribution in [0.4, 0.5) is 0 Å². The predicted molar refractivity (Wildman–Crippen MR) is 56.9 cm³/mol. The molecule has 1 aromatic carbocycles. The Bertz CT molecular complexity index is 434. The number of hydrogen-bond acceptors (Lipinski definition) is 2. The number of H-pyrrole nitrogens is 1. The summed E-state index contributed by atoms with van der Waals surface area (Å²) in [4.78, 5) is 3.13. The highest BCUT2D eigenvalue weighted by Crippen LogP contribution is 2.24. The summed E-state index contributed by atoms with van der Waals surface area (Å²) in [6.07, 6.45) is 1.33. The van der Waals surface area contributed by atoms with Gasteiger partial charge < -0.3 is 15.8 Å². The number of nitrogens with two attached hydrogens (primary N) is 1. The van der Waals surface area contributed by atoms with E-state index in [2.05, 4.69) is 4.98 Å². The van der Waals surface area contributed by atoms with Crippen LogP contribution in [0.1, 0.15) is 18.5 Å². The molecule has 0 radical (unpaired) electrons. The maximum atomic E-state index is 9.41. The van der Waals surface area contributed by atoms with Gasteiger partial charge in [-0.15, -0.1) is 0 Å². The summed E-state index contributed by atoms with van der Waals surface area (Å²) in [7, 11) is 0. The van der Waals surface area contributed by atoms with Gasteiger partial charge in [0.1, 0.15) is 0 Å². The van der Waals surface area contributed by atoms with E-state index < -0.39 is 6.10 Å². The number of fused-ring (bicyclic) bond motifs is 1. The number of aliphatic hydroxyl groups excluding tert-OH is 1. The summed E-state index contributed by atoms with van der Waals surface area (Å²) in [6.45, 7) is 1.70. The van der Waals surface area contributed by atoms with Gasteiger partial charge in [-0.2, -0.15) is 0 Å². The molecule has 0 aliphatic rings. The third-order valence-electron chi connectivity index (χ3n) is 2.50. The molecule has 0 saturated heterocycles. The average molecular weight is 190 g/mol. The lowest BCUT2D eigenvalue weighted by Crippen LogP contribution is -2.22. The van der Waals surface area contributed by atoms with Crippen molar-refractivity contribution >= 4 is 10.9 Å². The molecule has 74 valence electrons. The first-order chi connectivity index (χ1) is 6.70. The fourth-order valence-corrected chi connectivity index (χ4v) is 1.63. The van der Waals surface area contributed by atoms with Crippen molar-refractivity contribution in [2.24, 2.45) is 5.73 Å². The van der Waals surface area contributed by atoms with Crippen molar-refractivity contribution in [3.63, 3.8) is 0 Å². The summed E-state index contributed by atoms with van der Waals surface area (Å²) >= 11 is 0. The third kappa shape index (κ3) is 1.41. The number of aromatic nitrogens is 1. The maximum absolute atomic E-state index is 9.41. The van der Waals surface area contributed by atoms with Crippen LogP contribution in [0.25, 0.3) is 10.9 Å². The number of para-hydroxylation sites is 1. The van der Waals surface area contributed by atoms with Crippen molar-refractivity contribution in [1.82, 2.24) is 4.98 Å². The van der Waals surface area contributed by atoms with Crippen LogP contribution in [0.2, 0.25) is 0 Å². The average Bonchev–Trinajstić information content (AvgIpc) is 2.60. The van der Waals surface area contributed by atoms with E-state index in [4.69, 9.17) is 5.73 Å². The second-order valence-electron chi connectivity index (χ2n) is 3.56. The first-order valence-electron chi connectivity index (χ1n) is 4.70. The fraction of sp³-hybridized carbons (Fsp3) is 0.273. The highest BCUT2D eigenvalue weighted by molar-refractivity contribution is 5.83. The first-order valence-corrected chi connectivity index (χ1v) is 4.70. The standard InChI is InChI=1S/C11H14N2O/c1-7(14)11(12)9-6-13-10-5-3-2-4-8(9)10/h2-7,11,13-14H,12H2,1H3/t7-,11+/m0/s1. The molecular weight excluding hydrogens is 176 g/mol. The maximum Gasteiger partial charge on any atom is 0.0705 e. The van der Waals surface area contributed by atoms with E-state index in [1.807, 2.05) is 30.5 Å². The number of aliphatic hydroxyl groups is 1. The van der Waals surface area contributed by atoms with Crippen molar-refractivity contribution in [3.8, 4) is 0 Å². The monoisotopic (exact) mass is 190 g/mol. The number of hydrogen-bond donors (Lipinski definition) is 3. The topological polar surface area (TPSA) is 62.0 Å². The van der Waals surface area contributed by atoms with Gasteiger partial charge >= 0.3 is 0 Å². The lowest BCUT2D eigenvalue weighted by Gasteiger charge is -2.13. The first kappa shape index (κ1) is 9.24. The van der Waals surface area contributed by atoms with Crippen molar-refractivity contribution in [1.29, 1.82) is 0 Å². The molecule has 0 amide bonds. The van der Waals surface area contributed by atoms with Crippen LogP contribution in [0.3, 0.4) is 0 Å². The summed E-state index contributed by atoms with van der Waals surface area (Å²) < 4.78 is 0. The predicted octanol–water partition coefficient (Wildman–Crippen LogP) is 1.55. The molecule has 0 aliphatic heterocycles. The van der Waals surface area contributed by atoms with E-state index in [0.29, 0.717) is 0 Å². The van der Waals surface area contributed by atoms with Gasteiger partial charge in [0.2, 0.25) is 0 Å². The van der Waals surface area contributed by atoms with Crippen LogP contribution in [-0.2, 0) is 0 Å². The molecule has 0 unspecified atom stereocenters. The minimum absolute atomic E-state index is 0.328. The Kier molecular flexibility index (Phi) is 2.27. The molecule has 0 spiro atoms. The molecule has 3 nitrogen and oxygen atoms in total. The molecular formula is C11H14N2O.